The Morgan fingerprint density at radius 3 is 2.50 bits per heavy atom. The van der Waals surface area contributed by atoms with Crippen molar-refractivity contribution in [3.05, 3.63) is 48.0 Å². The lowest BCUT2D eigenvalue weighted by Crippen LogP contribution is -2.39. The molecule has 1 atom stereocenters. The molecule has 0 aliphatic carbocycles. The van der Waals surface area contributed by atoms with Crippen LogP contribution in [0.4, 0.5) is 11.4 Å². The number of carbonyl (C=O) groups is 1. The fourth-order valence-corrected chi connectivity index (χ4v) is 3.88. The number of rotatable bonds is 7. The predicted octanol–water partition coefficient (Wildman–Crippen LogP) is 4.65. The highest BCUT2D eigenvalue weighted by Gasteiger charge is 2.20. The summed E-state index contributed by atoms with van der Waals surface area (Å²) in [6.07, 6.45) is 5.29. The first kappa shape index (κ1) is 20.1. The van der Waals surface area contributed by atoms with E-state index in [0.29, 0.717) is 17.5 Å². The number of ether oxygens (including phenoxy) is 2. The first-order valence-corrected chi connectivity index (χ1v) is 10.0. The first-order chi connectivity index (χ1) is 13.6. The monoisotopic (exact) mass is 382 g/mol. The van der Waals surface area contributed by atoms with Gasteiger partial charge in [0, 0.05) is 24.0 Å². The number of methoxy groups -OCH3 is 2. The molecule has 3 rings (SSSR count). The molecule has 1 unspecified atom stereocenters. The Hall–Kier alpha value is -2.69. The fraction of sp³-hybridized carbons (Fsp3) is 0.435. The van der Waals surface area contributed by atoms with E-state index in [1.807, 2.05) is 30.3 Å². The van der Waals surface area contributed by atoms with Crippen molar-refractivity contribution in [3.8, 4) is 11.5 Å². The number of piperidine rings is 1. The highest BCUT2D eigenvalue weighted by atomic mass is 16.5. The van der Waals surface area contributed by atoms with Gasteiger partial charge in [0.2, 0.25) is 5.91 Å². The SMILES string of the molecule is CCC1CCCCN1c1ccc(NC(=O)Cc2ccc(OC)c(OC)c2)cc1. The third kappa shape index (κ3) is 4.77. The Morgan fingerprint density at radius 1 is 1.07 bits per heavy atom. The summed E-state index contributed by atoms with van der Waals surface area (Å²) >= 11 is 0. The zero-order chi connectivity index (χ0) is 19.9. The molecule has 28 heavy (non-hydrogen) atoms. The summed E-state index contributed by atoms with van der Waals surface area (Å²) in [4.78, 5) is 14.9. The molecule has 2 aromatic rings. The maximum Gasteiger partial charge on any atom is 0.228 e. The van der Waals surface area contributed by atoms with Crippen molar-refractivity contribution < 1.29 is 14.3 Å². The fourth-order valence-electron chi connectivity index (χ4n) is 3.88. The van der Waals surface area contributed by atoms with E-state index in [2.05, 4.69) is 29.3 Å². The van der Waals surface area contributed by atoms with Crippen molar-refractivity contribution in [1.82, 2.24) is 0 Å². The minimum atomic E-state index is -0.0515. The molecule has 150 valence electrons. The summed E-state index contributed by atoms with van der Waals surface area (Å²) in [6, 6.07) is 14.4. The van der Waals surface area contributed by atoms with E-state index >= 15 is 0 Å². The average molecular weight is 383 g/mol. The van der Waals surface area contributed by atoms with Gasteiger partial charge >= 0.3 is 0 Å². The van der Waals surface area contributed by atoms with Crippen LogP contribution in [0.3, 0.4) is 0 Å². The Labute approximate surface area is 167 Å². The van der Waals surface area contributed by atoms with Crippen LogP contribution < -0.4 is 19.7 Å². The van der Waals surface area contributed by atoms with Crippen molar-refractivity contribution in [2.24, 2.45) is 0 Å². The second kappa shape index (κ2) is 9.49. The van der Waals surface area contributed by atoms with Crippen LogP contribution in [0.2, 0.25) is 0 Å². The molecule has 1 saturated heterocycles. The van der Waals surface area contributed by atoms with Gasteiger partial charge in [-0.3, -0.25) is 4.79 Å². The van der Waals surface area contributed by atoms with Crippen LogP contribution >= 0.6 is 0 Å². The molecular weight excluding hydrogens is 352 g/mol. The van der Waals surface area contributed by atoms with Gasteiger partial charge in [-0.2, -0.15) is 0 Å². The van der Waals surface area contributed by atoms with E-state index < -0.39 is 0 Å². The van der Waals surface area contributed by atoms with Crippen molar-refractivity contribution in [3.63, 3.8) is 0 Å². The molecule has 5 heteroatoms. The Balaban J connectivity index is 1.61. The predicted molar refractivity (Wildman–Crippen MR) is 114 cm³/mol. The van der Waals surface area contributed by atoms with Crippen molar-refractivity contribution in [2.45, 2.75) is 45.1 Å². The summed E-state index contributed by atoms with van der Waals surface area (Å²) in [5.74, 6) is 1.24. The number of hydrogen-bond donors (Lipinski definition) is 1. The van der Waals surface area contributed by atoms with Gasteiger partial charge in [-0.15, -0.1) is 0 Å². The van der Waals surface area contributed by atoms with Gasteiger partial charge in [0.15, 0.2) is 11.5 Å². The molecule has 1 fully saturated rings. The Bertz CT molecular complexity index is 789. The van der Waals surface area contributed by atoms with Gasteiger partial charge in [-0.1, -0.05) is 13.0 Å². The smallest absolute Gasteiger partial charge is 0.228 e. The first-order valence-electron chi connectivity index (χ1n) is 10.0. The van der Waals surface area contributed by atoms with Crippen molar-refractivity contribution >= 4 is 17.3 Å². The van der Waals surface area contributed by atoms with E-state index in [-0.39, 0.29) is 12.3 Å². The quantitative estimate of drug-likeness (QED) is 0.757. The summed E-state index contributed by atoms with van der Waals surface area (Å²) in [6.45, 7) is 3.37. The maximum atomic E-state index is 12.4. The van der Waals surface area contributed by atoms with Gasteiger partial charge in [0.05, 0.1) is 20.6 Å². The number of hydrogen-bond acceptors (Lipinski definition) is 4. The molecular formula is C23H30N2O3. The standard InChI is InChI=1S/C23H30N2O3/c1-4-19-7-5-6-14-25(19)20-11-9-18(10-12-20)24-23(26)16-17-8-13-21(27-2)22(15-17)28-3/h8-13,15,19H,4-7,14,16H2,1-3H3,(H,24,26). The van der Waals surface area contributed by atoms with Gasteiger partial charge in [-0.25, -0.2) is 0 Å². The van der Waals surface area contributed by atoms with E-state index in [1.54, 1.807) is 14.2 Å². The molecule has 0 bridgehead atoms. The zero-order valence-corrected chi connectivity index (χ0v) is 17.0. The molecule has 0 spiro atoms. The average Bonchev–Trinajstić information content (AvgIpc) is 2.74. The number of nitrogens with zero attached hydrogens (tertiary/aromatic N) is 1. The van der Waals surface area contributed by atoms with Crippen LogP contribution in [-0.4, -0.2) is 32.7 Å². The van der Waals surface area contributed by atoms with Crippen LogP contribution in [0.15, 0.2) is 42.5 Å². The number of anilines is 2. The minimum absolute atomic E-state index is 0.0515. The minimum Gasteiger partial charge on any atom is -0.493 e. The summed E-state index contributed by atoms with van der Waals surface area (Å²) in [5.41, 5.74) is 2.94. The van der Waals surface area contributed by atoms with E-state index in [1.165, 1.54) is 31.4 Å². The van der Waals surface area contributed by atoms with E-state index in [4.69, 9.17) is 9.47 Å². The van der Waals surface area contributed by atoms with Crippen LogP contribution in [0, 0.1) is 0 Å². The largest absolute Gasteiger partial charge is 0.493 e. The van der Waals surface area contributed by atoms with Gasteiger partial charge in [0.1, 0.15) is 0 Å². The molecule has 5 nitrogen and oxygen atoms in total. The number of nitrogens with one attached hydrogen (secondary N) is 1. The number of carbonyl (C=O) groups excluding carboxylic acids is 1. The number of amides is 1. The Morgan fingerprint density at radius 2 is 1.82 bits per heavy atom. The second-order valence-electron chi connectivity index (χ2n) is 7.21. The van der Waals surface area contributed by atoms with Crippen LogP contribution in [0.1, 0.15) is 38.2 Å². The van der Waals surface area contributed by atoms with Crippen LogP contribution in [0.25, 0.3) is 0 Å². The van der Waals surface area contributed by atoms with Crippen LogP contribution in [-0.2, 0) is 11.2 Å². The zero-order valence-electron chi connectivity index (χ0n) is 17.0. The topological polar surface area (TPSA) is 50.8 Å². The van der Waals surface area contributed by atoms with Crippen molar-refractivity contribution in [1.29, 1.82) is 0 Å². The second-order valence-corrected chi connectivity index (χ2v) is 7.21. The third-order valence-corrected chi connectivity index (χ3v) is 5.39. The maximum absolute atomic E-state index is 12.4. The highest BCUT2D eigenvalue weighted by molar-refractivity contribution is 5.92. The lowest BCUT2D eigenvalue weighted by atomic mass is 9.99. The molecule has 0 radical (unpaired) electrons. The molecule has 1 aliphatic rings. The molecule has 0 aromatic heterocycles. The lowest BCUT2D eigenvalue weighted by molar-refractivity contribution is -0.115. The highest BCUT2D eigenvalue weighted by Crippen LogP contribution is 2.29. The van der Waals surface area contributed by atoms with Crippen molar-refractivity contribution in [2.75, 3.05) is 31.0 Å². The third-order valence-electron chi connectivity index (χ3n) is 5.39. The normalized spacial score (nSPS) is 16.5. The van der Waals surface area contributed by atoms with Gasteiger partial charge < -0.3 is 19.7 Å². The van der Waals surface area contributed by atoms with E-state index in [0.717, 1.165) is 17.8 Å². The molecule has 1 amide bonds. The van der Waals surface area contributed by atoms with E-state index in [9.17, 15) is 4.79 Å². The molecule has 1 N–H and O–H groups in total. The lowest BCUT2D eigenvalue weighted by Gasteiger charge is -2.37. The molecule has 0 saturated carbocycles. The molecule has 1 heterocycles. The Kier molecular flexibility index (Phi) is 6.80. The van der Waals surface area contributed by atoms with Gasteiger partial charge in [0.25, 0.3) is 0 Å². The van der Waals surface area contributed by atoms with Gasteiger partial charge in [-0.05, 0) is 67.6 Å². The summed E-state index contributed by atoms with van der Waals surface area (Å²) in [5, 5.41) is 2.98. The summed E-state index contributed by atoms with van der Waals surface area (Å²) < 4.78 is 10.5. The van der Waals surface area contributed by atoms with Crippen LogP contribution in [0.5, 0.6) is 11.5 Å². The molecule has 2 aromatic carbocycles. The molecule has 1 aliphatic heterocycles. The summed E-state index contributed by atoms with van der Waals surface area (Å²) in [7, 11) is 3.19. The number of benzene rings is 2.